The Morgan fingerprint density at radius 3 is 1.63 bits per heavy atom. The fourth-order valence-corrected chi connectivity index (χ4v) is 8.60. The third-order valence-electron chi connectivity index (χ3n) is 9.93. The van der Waals surface area contributed by atoms with Crippen LogP contribution in [0.2, 0.25) is 0 Å². The number of aromatic amines is 1. The highest BCUT2D eigenvalue weighted by Crippen LogP contribution is 2.48. The van der Waals surface area contributed by atoms with Crippen LogP contribution in [0.5, 0.6) is 0 Å². The number of para-hydroxylation sites is 1. The second-order valence-corrected chi connectivity index (χ2v) is 15.2. The Kier molecular flexibility index (Phi) is 14.3. The Balaban J connectivity index is 1.33. The van der Waals surface area contributed by atoms with E-state index in [4.69, 9.17) is 11.5 Å². The number of carbonyl (C=O) groups excluding carboxylic acids is 5. The van der Waals surface area contributed by atoms with Gasteiger partial charge in [0.2, 0.25) is 29.5 Å². The molecule has 5 aromatic carbocycles. The Morgan fingerprint density at radius 2 is 1.08 bits per heavy atom. The van der Waals surface area contributed by atoms with Crippen LogP contribution in [-0.2, 0) is 41.6 Å². The standard InChI is InChI=1S/C46H47N7O5S/c47-27-42(55)51-39(26-32-28-49-37-24-14-13-23-36(32)37)45(58)52-38(25-31-15-5-1-6-16-31)44(57)53-40(43(56)50-29-41(48)54)30-59-46(33-17-7-2-8-18-33,34-19-9-3-10-20-34)35-21-11-4-12-22-35/h1-24,28,38-40,49H,25-27,29-30,47H2,(H2,48,54)(H,50,56)(H,51,55)(H,52,58)(H,53,57)/t38-,39-,40-/m0/s1. The van der Waals surface area contributed by atoms with Gasteiger partial charge in [0.25, 0.3) is 0 Å². The first-order valence-corrected chi connectivity index (χ1v) is 20.2. The predicted octanol–water partition coefficient (Wildman–Crippen LogP) is 3.69. The number of fused-ring (bicyclic) bond motifs is 1. The largest absolute Gasteiger partial charge is 0.368 e. The quantitative estimate of drug-likeness (QED) is 0.0605. The summed E-state index contributed by atoms with van der Waals surface area (Å²) in [5.41, 5.74) is 16.3. The van der Waals surface area contributed by atoms with Gasteiger partial charge in [0.05, 0.1) is 17.8 Å². The Labute approximate surface area is 346 Å². The maximum Gasteiger partial charge on any atom is 0.243 e. The first kappa shape index (κ1) is 41.9. The number of thioether (sulfide) groups is 1. The maximum absolute atomic E-state index is 14.5. The van der Waals surface area contributed by atoms with Gasteiger partial charge in [-0.2, -0.15) is 0 Å². The van der Waals surface area contributed by atoms with Gasteiger partial charge in [-0.05, 0) is 33.9 Å². The number of nitrogens with two attached hydrogens (primary N) is 2. The van der Waals surface area contributed by atoms with Gasteiger partial charge in [0.15, 0.2) is 0 Å². The van der Waals surface area contributed by atoms with Crippen LogP contribution in [0.4, 0.5) is 0 Å². The highest BCUT2D eigenvalue weighted by Gasteiger charge is 2.39. The highest BCUT2D eigenvalue weighted by molar-refractivity contribution is 8.00. The molecule has 0 aliphatic heterocycles. The lowest BCUT2D eigenvalue weighted by molar-refractivity contribution is -0.133. The van der Waals surface area contributed by atoms with Gasteiger partial charge in [-0.25, -0.2) is 0 Å². The SMILES string of the molecule is NCC(=O)N[C@@H](Cc1c[nH]c2ccccc12)C(=O)N[C@@H](Cc1ccccc1)C(=O)N[C@@H](CSC(c1ccccc1)(c1ccccc1)c1ccccc1)C(=O)NCC(N)=O. The summed E-state index contributed by atoms with van der Waals surface area (Å²) in [6.45, 7) is -0.792. The molecule has 0 bridgehead atoms. The molecular weight excluding hydrogens is 763 g/mol. The molecule has 6 rings (SSSR count). The van der Waals surface area contributed by atoms with Gasteiger partial charge in [0, 0.05) is 35.7 Å². The minimum Gasteiger partial charge on any atom is -0.368 e. The average molecular weight is 810 g/mol. The summed E-state index contributed by atoms with van der Waals surface area (Å²) in [6, 6.07) is 42.9. The van der Waals surface area contributed by atoms with Crippen molar-refractivity contribution in [2.45, 2.75) is 35.7 Å². The normalized spacial score (nSPS) is 12.8. The van der Waals surface area contributed by atoms with Crippen molar-refractivity contribution >= 4 is 52.2 Å². The third-order valence-corrected chi connectivity index (χ3v) is 11.6. The van der Waals surface area contributed by atoms with E-state index < -0.39 is 59.0 Å². The van der Waals surface area contributed by atoms with Crippen LogP contribution < -0.4 is 32.7 Å². The number of carbonyl (C=O) groups is 5. The summed E-state index contributed by atoms with van der Waals surface area (Å²) >= 11 is 1.45. The van der Waals surface area contributed by atoms with Gasteiger partial charge in [-0.1, -0.05) is 140 Å². The van der Waals surface area contributed by atoms with E-state index in [1.807, 2.05) is 146 Å². The number of hydrogen-bond donors (Lipinski definition) is 7. The predicted molar refractivity (Wildman–Crippen MR) is 231 cm³/mol. The minimum atomic E-state index is -1.20. The number of aromatic nitrogens is 1. The second kappa shape index (κ2) is 20.1. The summed E-state index contributed by atoms with van der Waals surface area (Å²) in [5, 5.41) is 11.9. The minimum absolute atomic E-state index is 0.0385. The topological polar surface area (TPSA) is 201 Å². The molecule has 5 amide bonds. The summed E-state index contributed by atoms with van der Waals surface area (Å²) in [7, 11) is 0. The van der Waals surface area contributed by atoms with Crippen LogP contribution in [-0.4, -0.2) is 71.5 Å². The lowest BCUT2D eigenvalue weighted by Crippen LogP contribution is -2.58. The number of amides is 5. The van der Waals surface area contributed by atoms with E-state index in [0.717, 1.165) is 38.7 Å². The monoisotopic (exact) mass is 809 g/mol. The molecular formula is C46H47N7O5S. The molecule has 302 valence electrons. The summed E-state index contributed by atoms with van der Waals surface area (Å²) in [6.07, 6.45) is 1.95. The molecule has 0 fully saturated rings. The zero-order valence-corrected chi connectivity index (χ0v) is 33.1. The molecule has 9 N–H and O–H groups in total. The molecule has 0 saturated heterocycles. The zero-order valence-electron chi connectivity index (χ0n) is 32.3. The first-order valence-electron chi connectivity index (χ1n) is 19.2. The van der Waals surface area contributed by atoms with Gasteiger partial charge in [-0.3, -0.25) is 24.0 Å². The van der Waals surface area contributed by atoms with Crippen LogP contribution >= 0.6 is 11.8 Å². The van der Waals surface area contributed by atoms with Crippen molar-refractivity contribution in [3.05, 3.63) is 180 Å². The van der Waals surface area contributed by atoms with Crippen molar-refractivity contribution in [2.24, 2.45) is 11.5 Å². The van der Waals surface area contributed by atoms with E-state index >= 15 is 0 Å². The number of hydrogen-bond acceptors (Lipinski definition) is 7. The van der Waals surface area contributed by atoms with Gasteiger partial charge in [-0.15, -0.1) is 11.8 Å². The van der Waals surface area contributed by atoms with E-state index in [-0.39, 0.29) is 25.1 Å². The third kappa shape index (κ3) is 10.6. The van der Waals surface area contributed by atoms with Gasteiger partial charge >= 0.3 is 0 Å². The Morgan fingerprint density at radius 1 is 0.593 bits per heavy atom. The van der Waals surface area contributed by atoms with E-state index in [9.17, 15) is 24.0 Å². The van der Waals surface area contributed by atoms with E-state index in [1.54, 1.807) is 6.20 Å². The van der Waals surface area contributed by atoms with E-state index in [1.165, 1.54) is 11.8 Å². The van der Waals surface area contributed by atoms with Gasteiger partial charge < -0.3 is 37.7 Å². The van der Waals surface area contributed by atoms with E-state index in [0.29, 0.717) is 0 Å². The lowest BCUT2D eigenvalue weighted by Gasteiger charge is -2.36. The van der Waals surface area contributed by atoms with Crippen molar-refractivity contribution < 1.29 is 24.0 Å². The smallest absolute Gasteiger partial charge is 0.243 e. The Hall–Kier alpha value is -6.70. The molecule has 59 heavy (non-hydrogen) atoms. The fourth-order valence-electron chi connectivity index (χ4n) is 7.04. The van der Waals surface area contributed by atoms with Crippen molar-refractivity contribution in [1.82, 2.24) is 26.3 Å². The molecule has 13 heteroatoms. The van der Waals surface area contributed by atoms with Crippen LogP contribution in [0.25, 0.3) is 10.9 Å². The molecule has 12 nitrogen and oxygen atoms in total. The number of benzene rings is 5. The number of H-pyrrole nitrogens is 1. The molecule has 6 aromatic rings. The summed E-state index contributed by atoms with van der Waals surface area (Å²) in [4.78, 5) is 70.4. The van der Waals surface area contributed by atoms with Crippen molar-refractivity contribution in [2.75, 3.05) is 18.8 Å². The molecule has 1 heterocycles. The molecule has 0 aliphatic carbocycles. The zero-order chi connectivity index (χ0) is 41.6. The van der Waals surface area contributed by atoms with Gasteiger partial charge in [0.1, 0.15) is 18.1 Å². The molecule has 1 aromatic heterocycles. The number of primary amides is 1. The molecule has 0 unspecified atom stereocenters. The van der Waals surface area contributed by atoms with E-state index in [2.05, 4.69) is 26.3 Å². The van der Waals surface area contributed by atoms with Crippen LogP contribution in [0.1, 0.15) is 27.8 Å². The summed E-state index contributed by atoms with van der Waals surface area (Å²) < 4.78 is -0.842. The van der Waals surface area contributed by atoms with Crippen molar-refractivity contribution in [1.29, 1.82) is 0 Å². The molecule has 0 aliphatic rings. The van der Waals surface area contributed by atoms with Crippen molar-refractivity contribution in [3.63, 3.8) is 0 Å². The van der Waals surface area contributed by atoms with Crippen LogP contribution in [0.15, 0.2) is 152 Å². The first-order chi connectivity index (χ1) is 28.7. The molecule has 0 spiro atoms. The Bertz CT molecular complexity index is 2250. The highest BCUT2D eigenvalue weighted by atomic mass is 32.2. The maximum atomic E-state index is 14.5. The molecule has 0 radical (unpaired) electrons. The number of rotatable bonds is 19. The molecule has 0 saturated carbocycles. The lowest BCUT2D eigenvalue weighted by atomic mass is 9.84. The van der Waals surface area contributed by atoms with Crippen LogP contribution in [0.3, 0.4) is 0 Å². The van der Waals surface area contributed by atoms with Crippen LogP contribution in [0, 0.1) is 0 Å². The second-order valence-electron chi connectivity index (χ2n) is 14.0. The number of nitrogens with one attached hydrogen (secondary N) is 5. The average Bonchev–Trinajstić information content (AvgIpc) is 3.68. The fraction of sp³-hybridized carbons (Fsp3) is 0.196. The molecule has 3 atom stereocenters. The summed E-state index contributed by atoms with van der Waals surface area (Å²) in [5.74, 6) is -3.16. The van der Waals surface area contributed by atoms with Crippen molar-refractivity contribution in [3.8, 4) is 0 Å².